The summed E-state index contributed by atoms with van der Waals surface area (Å²) in [4.78, 5) is 14.1. The number of nitrogens with zero attached hydrogens (tertiary/aromatic N) is 5. The van der Waals surface area contributed by atoms with E-state index in [4.69, 9.17) is 5.26 Å². The van der Waals surface area contributed by atoms with Gasteiger partial charge in [-0.15, -0.1) is 0 Å². The number of aromatic nitrogens is 3. The van der Waals surface area contributed by atoms with E-state index in [1.807, 2.05) is 30.8 Å². The van der Waals surface area contributed by atoms with E-state index in [1.165, 1.54) is 30.8 Å². The molecule has 1 aliphatic heterocycles. The molecule has 2 aromatic heterocycles. The molecule has 6 nitrogen and oxygen atoms in total. The highest BCUT2D eigenvalue weighted by molar-refractivity contribution is 7.04. The van der Waals surface area contributed by atoms with E-state index in [2.05, 4.69) is 15.5 Å². The van der Waals surface area contributed by atoms with Crippen LogP contribution in [0.25, 0.3) is 22.0 Å². The molecule has 0 radical (unpaired) electrons. The smallest absolute Gasteiger partial charge is 0.244 e. The van der Waals surface area contributed by atoms with Crippen LogP contribution in [0.3, 0.4) is 0 Å². The van der Waals surface area contributed by atoms with Gasteiger partial charge in [-0.3, -0.25) is 9.48 Å². The molecule has 0 spiro atoms. The van der Waals surface area contributed by atoms with Crippen LogP contribution in [0.2, 0.25) is 0 Å². The number of fused-ring (bicyclic) bond motifs is 1. The Bertz CT molecular complexity index is 994. The van der Waals surface area contributed by atoms with Crippen LogP contribution in [0.1, 0.15) is 25.7 Å². The summed E-state index contributed by atoms with van der Waals surface area (Å²) in [6, 6.07) is 6.09. The Hall–Kier alpha value is -2.72. The van der Waals surface area contributed by atoms with E-state index in [9.17, 15) is 4.79 Å². The lowest BCUT2D eigenvalue weighted by atomic mass is 10.1. The van der Waals surface area contributed by atoms with Crippen LogP contribution in [-0.4, -0.2) is 26.6 Å². The second kappa shape index (κ2) is 6.89. The zero-order valence-electron chi connectivity index (χ0n) is 14.6. The topological polar surface area (TPSA) is 74.8 Å². The second-order valence-electron chi connectivity index (χ2n) is 6.67. The molecule has 0 N–H and O–H groups in total. The number of anilines is 1. The van der Waals surface area contributed by atoms with Crippen LogP contribution in [0.5, 0.6) is 0 Å². The molecule has 3 heterocycles. The average molecular weight is 365 g/mol. The molecule has 26 heavy (non-hydrogen) atoms. The highest BCUT2D eigenvalue weighted by Gasteiger charge is 2.33. The molecule has 1 aliphatic carbocycles. The largest absolute Gasteiger partial charge is 0.310 e. The van der Waals surface area contributed by atoms with Gasteiger partial charge in [0.2, 0.25) is 5.91 Å². The number of rotatable bonds is 2. The number of aryl methyl sites for hydroxylation is 1. The third-order valence-electron chi connectivity index (χ3n) is 4.50. The van der Waals surface area contributed by atoms with Crippen molar-refractivity contribution in [1.82, 2.24) is 14.2 Å². The molecule has 1 saturated heterocycles. The van der Waals surface area contributed by atoms with Gasteiger partial charge in [-0.25, -0.2) is 0 Å². The number of nitriles is 1. The molecular formula is C19H19N5OS. The maximum Gasteiger partial charge on any atom is 0.244 e. The summed E-state index contributed by atoms with van der Waals surface area (Å²) in [5.41, 5.74) is 3.64. The van der Waals surface area contributed by atoms with Crippen molar-refractivity contribution in [3.05, 3.63) is 29.9 Å². The van der Waals surface area contributed by atoms with Gasteiger partial charge >= 0.3 is 0 Å². The van der Waals surface area contributed by atoms with Crippen molar-refractivity contribution < 1.29 is 4.79 Å². The molecule has 2 fully saturated rings. The molecule has 5 rings (SSSR count). The van der Waals surface area contributed by atoms with Crippen LogP contribution in [0.4, 0.5) is 5.69 Å². The van der Waals surface area contributed by atoms with E-state index in [0.29, 0.717) is 13.0 Å². The summed E-state index contributed by atoms with van der Waals surface area (Å²) < 4.78 is 6.16. The molecular weight excluding hydrogens is 346 g/mol. The van der Waals surface area contributed by atoms with Gasteiger partial charge < -0.3 is 4.90 Å². The van der Waals surface area contributed by atoms with Gasteiger partial charge in [-0.2, -0.15) is 14.7 Å². The molecule has 1 saturated carbocycles. The highest BCUT2D eigenvalue weighted by atomic mass is 32.1. The first kappa shape index (κ1) is 16.7. The molecule has 7 heteroatoms. The van der Waals surface area contributed by atoms with Crippen LogP contribution >= 0.6 is 11.5 Å². The third-order valence-corrected chi connectivity index (χ3v) is 5.15. The molecule has 1 atom stereocenters. The zero-order valence-corrected chi connectivity index (χ0v) is 15.4. The van der Waals surface area contributed by atoms with E-state index < -0.39 is 5.92 Å². The Labute approximate surface area is 155 Å². The summed E-state index contributed by atoms with van der Waals surface area (Å²) in [7, 11) is 1.87. The van der Waals surface area contributed by atoms with Gasteiger partial charge in [0.15, 0.2) is 0 Å². The lowest BCUT2D eigenvalue weighted by molar-refractivity contribution is -0.118. The number of carbonyl (C=O) groups is 1. The fourth-order valence-corrected chi connectivity index (χ4v) is 3.62. The standard InChI is InChI=1S/C16H13N5OS.C3H6/c1-20-8-12(7-18-20)11-4-14-13(9-23-19-14)15(5-11)21-3-2-10(6-17)16(21)22;1-2-3-1/h4-5,7-10H,2-3H2,1H3;1-3H2. The van der Waals surface area contributed by atoms with Crippen molar-refractivity contribution in [3.8, 4) is 17.2 Å². The van der Waals surface area contributed by atoms with E-state index in [-0.39, 0.29) is 5.91 Å². The van der Waals surface area contributed by atoms with Crippen molar-refractivity contribution in [2.24, 2.45) is 13.0 Å². The maximum absolute atomic E-state index is 12.4. The van der Waals surface area contributed by atoms with Gasteiger partial charge in [0.05, 0.1) is 23.5 Å². The van der Waals surface area contributed by atoms with Crippen LogP contribution in [-0.2, 0) is 11.8 Å². The van der Waals surface area contributed by atoms with Crippen molar-refractivity contribution in [2.45, 2.75) is 25.7 Å². The number of hydrogen-bond acceptors (Lipinski definition) is 5. The minimum atomic E-state index is -0.543. The predicted octanol–water partition coefficient (Wildman–Crippen LogP) is 3.74. The summed E-state index contributed by atoms with van der Waals surface area (Å²) in [5, 5.41) is 16.2. The van der Waals surface area contributed by atoms with Crippen molar-refractivity contribution in [2.75, 3.05) is 11.4 Å². The Morgan fingerprint density at radius 3 is 2.69 bits per heavy atom. The number of hydrogen-bond donors (Lipinski definition) is 0. The monoisotopic (exact) mass is 365 g/mol. The Balaban J connectivity index is 0.000000510. The van der Waals surface area contributed by atoms with Gasteiger partial charge in [0.1, 0.15) is 5.92 Å². The van der Waals surface area contributed by atoms with Crippen molar-refractivity contribution in [3.63, 3.8) is 0 Å². The molecule has 1 unspecified atom stereocenters. The molecule has 3 aromatic rings. The Morgan fingerprint density at radius 2 is 2.08 bits per heavy atom. The van der Waals surface area contributed by atoms with Gasteiger partial charge in [0, 0.05) is 36.1 Å². The summed E-state index contributed by atoms with van der Waals surface area (Å²) in [5.74, 6) is -0.665. The quantitative estimate of drug-likeness (QED) is 0.693. The predicted molar refractivity (Wildman–Crippen MR) is 102 cm³/mol. The second-order valence-corrected chi connectivity index (χ2v) is 7.30. The summed E-state index contributed by atoms with van der Waals surface area (Å²) in [6.45, 7) is 0.568. The molecule has 132 valence electrons. The minimum Gasteiger partial charge on any atom is -0.310 e. The minimum absolute atomic E-state index is 0.122. The zero-order chi connectivity index (χ0) is 18.1. The lowest BCUT2D eigenvalue weighted by Crippen LogP contribution is -2.26. The van der Waals surface area contributed by atoms with Crippen LogP contribution in [0, 0.1) is 17.2 Å². The van der Waals surface area contributed by atoms with Crippen molar-refractivity contribution in [1.29, 1.82) is 5.26 Å². The normalized spacial score (nSPS) is 18.5. The first-order valence-corrected chi connectivity index (χ1v) is 9.59. The van der Waals surface area contributed by atoms with E-state index in [1.54, 1.807) is 15.8 Å². The summed E-state index contributed by atoms with van der Waals surface area (Å²) in [6.07, 6.45) is 8.80. The number of benzene rings is 1. The van der Waals surface area contributed by atoms with Crippen LogP contribution < -0.4 is 4.90 Å². The number of amides is 1. The average Bonchev–Trinajstić information content (AvgIpc) is 3.20. The number of carbonyl (C=O) groups excluding carboxylic acids is 1. The first-order valence-electron chi connectivity index (χ1n) is 8.75. The highest BCUT2D eigenvalue weighted by Crippen LogP contribution is 2.36. The van der Waals surface area contributed by atoms with Gasteiger partial charge in [-0.05, 0) is 35.6 Å². The fraction of sp³-hybridized carbons (Fsp3) is 0.368. The first-order chi connectivity index (χ1) is 12.7. The van der Waals surface area contributed by atoms with Crippen LogP contribution in [0.15, 0.2) is 29.9 Å². The fourth-order valence-electron chi connectivity index (χ4n) is 2.95. The van der Waals surface area contributed by atoms with Crippen molar-refractivity contribution >= 4 is 34.0 Å². The molecule has 1 aromatic carbocycles. The van der Waals surface area contributed by atoms with Gasteiger partial charge in [0.25, 0.3) is 0 Å². The molecule has 1 amide bonds. The summed E-state index contributed by atoms with van der Waals surface area (Å²) >= 11 is 1.37. The lowest BCUT2D eigenvalue weighted by Gasteiger charge is -2.18. The Morgan fingerprint density at radius 1 is 1.27 bits per heavy atom. The maximum atomic E-state index is 12.4. The van der Waals surface area contributed by atoms with E-state index >= 15 is 0 Å². The van der Waals surface area contributed by atoms with E-state index in [0.717, 1.165) is 27.7 Å². The third kappa shape index (κ3) is 3.20. The molecule has 0 bridgehead atoms. The van der Waals surface area contributed by atoms with Gasteiger partial charge in [-0.1, -0.05) is 19.3 Å². The Kier molecular flexibility index (Phi) is 4.43. The SMILES string of the molecule is C1CC1.Cn1cc(-c2cc(N3CCC(C#N)C3=O)c3csnc3c2)cn1. The molecule has 2 aliphatic rings.